The second kappa shape index (κ2) is 9.47. The van der Waals surface area contributed by atoms with Crippen LogP contribution in [0, 0.1) is 0 Å². The van der Waals surface area contributed by atoms with Crippen molar-refractivity contribution in [3.05, 3.63) is 11.3 Å². The lowest BCUT2D eigenvalue weighted by Gasteiger charge is -2.10. The third kappa shape index (κ3) is 5.67. The van der Waals surface area contributed by atoms with Crippen LogP contribution in [-0.4, -0.2) is 41.8 Å². The molecule has 0 spiro atoms. The van der Waals surface area contributed by atoms with Crippen molar-refractivity contribution in [1.82, 2.24) is 0 Å². The standard InChI is InChI=1S/C12H22N2O4/c1-3-5-9(16)10(11(13)14-6-7-15)12(17)18-8-4-2/h15-16H,3-8H2,1-2H3,(H2,13,14)/b10-9-. The Kier molecular flexibility index (Phi) is 8.65. The van der Waals surface area contributed by atoms with Gasteiger partial charge in [0, 0.05) is 6.42 Å². The molecule has 0 aliphatic rings. The highest BCUT2D eigenvalue weighted by Crippen LogP contribution is 2.11. The second-order valence-electron chi connectivity index (χ2n) is 3.70. The SMILES string of the molecule is CCCOC(=O)/C(C(N)=NCCO)=C(\O)CCC. The van der Waals surface area contributed by atoms with Crippen molar-refractivity contribution in [3.63, 3.8) is 0 Å². The zero-order valence-corrected chi connectivity index (χ0v) is 11.0. The monoisotopic (exact) mass is 258 g/mol. The molecule has 6 heteroatoms. The summed E-state index contributed by atoms with van der Waals surface area (Å²) in [5.41, 5.74) is 5.53. The Morgan fingerprint density at radius 3 is 2.50 bits per heavy atom. The van der Waals surface area contributed by atoms with E-state index in [1.54, 1.807) is 0 Å². The van der Waals surface area contributed by atoms with Crippen molar-refractivity contribution in [2.24, 2.45) is 10.7 Å². The predicted octanol–water partition coefficient (Wildman–Crippen LogP) is 0.901. The Labute approximate surface area is 107 Å². The second-order valence-corrected chi connectivity index (χ2v) is 3.70. The number of amidine groups is 1. The molecule has 0 atom stereocenters. The van der Waals surface area contributed by atoms with Gasteiger partial charge in [-0.05, 0) is 12.8 Å². The first-order chi connectivity index (χ1) is 8.58. The summed E-state index contributed by atoms with van der Waals surface area (Å²) in [7, 11) is 0. The van der Waals surface area contributed by atoms with E-state index in [2.05, 4.69) is 4.99 Å². The van der Waals surface area contributed by atoms with Crippen molar-refractivity contribution >= 4 is 11.8 Å². The number of ether oxygens (including phenoxy) is 1. The Morgan fingerprint density at radius 1 is 1.33 bits per heavy atom. The highest BCUT2D eigenvalue weighted by molar-refractivity contribution is 6.18. The van der Waals surface area contributed by atoms with Crippen LogP contribution < -0.4 is 5.73 Å². The number of aliphatic imine (C=N–C) groups is 1. The van der Waals surface area contributed by atoms with Crippen LogP contribution in [0.1, 0.15) is 33.1 Å². The first kappa shape index (κ1) is 16.4. The molecule has 4 N–H and O–H groups in total. The van der Waals surface area contributed by atoms with Gasteiger partial charge < -0.3 is 20.7 Å². The van der Waals surface area contributed by atoms with E-state index in [1.165, 1.54) is 0 Å². The van der Waals surface area contributed by atoms with E-state index >= 15 is 0 Å². The van der Waals surface area contributed by atoms with Gasteiger partial charge in [-0.15, -0.1) is 0 Å². The van der Waals surface area contributed by atoms with Crippen LogP contribution in [-0.2, 0) is 9.53 Å². The number of hydrogen-bond donors (Lipinski definition) is 3. The molecule has 6 nitrogen and oxygen atoms in total. The molecule has 0 aliphatic heterocycles. The summed E-state index contributed by atoms with van der Waals surface area (Å²) in [6.07, 6.45) is 1.68. The van der Waals surface area contributed by atoms with Gasteiger partial charge in [-0.25, -0.2) is 4.79 Å². The fourth-order valence-electron chi connectivity index (χ4n) is 1.25. The third-order valence-corrected chi connectivity index (χ3v) is 2.06. The van der Waals surface area contributed by atoms with E-state index in [9.17, 15) is 9.90 Å². The summed E-state index contributed by atoms with van der Waals surface area (Å²) in [6, 6.07) is 0. The van der Waals surface area contributed by atoms with E-state index in [1.807, 2.05) is 13.8 Å². The first-order valence-electron chi connectivity index (χ1n) is 6.08. The Balaban J connectivity index is 5.05. The van der Waals surface area contributed by atoms with Crippen LogP contribution in [0.2, 0.25) is 0 Å². The number of aliphatic hydroxyl groups is 2. The summed E-state index contributed by atoms with van der Waals surface area (Å²) in [5.74, 6) is -0.907. The molecule has 18 heavy (non-hydrogen) atoms. The van der Waals surface area contributed by atoms with Crippen LogP contribution in [0.25, 0.3) is 0 Å². The lowest BCUT2D eigenvalue weighted by atomic mass is 10.1. The zero-order chi connectivity index (χ0) is 14.0. The number of nitrogens with two attached hydrogens (primary N) is 1. The van der Waals surface area contributed by atoms with Gasteiger partial charge in [-0.3, -0.25) is 4.99 Å². The van der Waals surface area contributed by atoms with Gasteiger partial charge in [0.25, 0.3) is 0 Å². The van der Waals surface area contributed by atoms with Crippen molar-refractivity contribution < 1.29 is 19.7 Å². The van der Waals surface area contributed by atoms with Gasteiger partial charge in [0.15, 0.2) is 0 Å². The molecule has 0 aliphatic carbocycles. The normalized spacial score (nSPS) is 13.2. The Morgan fingerprint density at radius 2 is 2.00 bits per heavy atom. The number of rotatable bonds is 8. The minimum atomic E-state index is -0.679. The van der Waals surface area contributed by atoms with Crippen LogP contribution >= 0.6 is 0 Å². The molecule has 104 valence electrons. The van der Waals surface area contributed by atoms with Gasteiger partial charge in [-0.1, -0.05) is 13.8 Å². The summed E-state index contributed by atoms with van der Waals surface area (Å²) >= 11 is 0. The maximum absolute atomic E-state index is 11.8. The zero-order valence-electron chi connectivity index (χ0n) is 11.0. The summed E-state index contributed by atoms with van der Waals surface area (Å²) in [5, 5.41) is 18.5. The van der Waals surface area contributed by atoms with E-state index in [0.717, 1.165) is 0 Å². The fourth-order valence-corrected chi connectivity index (χ4v) is 1.25. The number of hydrogen-bond acceptors (Lipinski definition) is 5. The molecule has 0 saturated carbocycles. The van der Waals surface area contributed by atoms with Crippen LogP contribution in [0.4, 0.5) is 0 Å². The smallest absolute Gasteiger partial charge is 0.345 e. The van der Waals surface area contributed by atoms with Crippen molar-refractivity contribution in [2.75, 3.05) is 19.8 Å². The summed E-state index contributed by atoms with van der Waals surface area (Å²) in [6.45, 7) is 3.90. The maximum Gasteiger partial charge on any atom is 0.345 e. The molecule has 0 fully saturated rings. The minimum absolute atomic E-state index is 0.0792. The van der Waals surface area contributed by atoms with Crippen LogP contribution in [0.3, 0.4) is 0 Å². The number of allylic oxidation sites excluding steroid dienone is 1. The number of esters is 1. The predicted molar refractivity (Wildman–Crippen MR) is 69.4 cm³/mol. The number of carbonyl (C=O) groups excluding carboxylic acids is 1. The molecule has 0 rings (SSSR count). The average molecular weight is 258 g/mol. The van der Waals surface area contributed by atoms with Gasteiger partial charge in [0.2, 0.25) is 0 Å². The number of carbonyl (C=O) groups is 1. The highest BCUT2D eigenvalue weighted by Gasteiger charge is 2.20. The van der Waals surface area contributed by atoms with Gasteiger partial charge in [0.1, 0.15) is 17.2 Å². The van der Waals surface area contributed by atoms with Crippen LogP contribution in [0.15, 0.2) is 16.3 Å². The summed E-state index contributed by atoms with van der Waals surface area (Å²) in [4.78, 5) is 15.6. The largest absolute Gasteiger partial charge is 0.511 e. The quantitative estimate of drug-likeness (QED) is 0.197. The number of nitrogens with zero attached hydrogens (tertiary/aromatic N) is 1. The molecule has 0 saturated heterocycles. The molecular formula is C12H22N2O4. The molecule has 0 radical (unpaired) electrons. The van der Waals surface area contributed by atoms with Crippen LogP contribution in [0.5, 0.6) is 0 Å². The minimum Gasteiger partial charge on any atom is -0.511 e. The Hall–Kier alpha value is -1.56. The lowest BCUT2D eigenvalue weighted by molar-refractivity contribution is -0.138. The molecular weight excluding hydrogens is 236 g/mol. The van der Waals surface area contributed by atoms with Gasteiger partial charge in [0.05, 0.1) is 19.8 Å². The van der Waals surface area contributed by atoms with Crippen molar-refractivity contribution in [3.8, 4) is 0 Å². The van der Waals surface area contributed by atoms with Gasteiger partial charge >= 0.3 is 5.97 Å². The topological polar surface area (TPSA) is 105 Å². The third-order valence-electron chi connectivity index (χ3n) is 2.06. The molecule has 0 amide bonds. The molecule has 0 aromatic rings. The first-order valence-corrected chi connectivity index (χ1v) is 6.08. The molecule has 0 heterocycles. The molecule has 0 bridgehead atoms. The molecule has 0 aromatic heterocycles. The van der Waals surface area contributed by atoms with Crippen molar-refractivity contribution in [2.45, 2.75) is 33.1 Å². The number of aliphatic hydroxyl groups excluding tert-OH is 2. The highest BCUT2D eigenvalue weighted by atomic mass is 16.5. The Bertz CT molecular complexity index is 324. The summed E-state index contributed by atoms with van der Waals surface area (Å²) < 4.78 is 4.94. The van der Waals surface area contributed by atoms with Gasteiger partial charge in [-0.2, -0.15) is 0 Å². The van der Waals surface area contributed by atoms with E-state index in [-0.39, 0.29) is 36.9 Å². The van der Waals surface area contributed by atoms with E-state index in [4.69, 9.17) is 15.6 Å². The molecule has 0 aromatic carbocycles. The molecule has 0 unspecified atom stereocenters. The fraction of sp³-hybridized carbons (Fsp3) is 0.667. The van der Waals surface area contributed by atoms with E-state index < -0.39 is 5.97 Å². The lowest BCUT2D eigenvalue weighted by Crippen LogP contribution is -2.26. The average Bonchev–Trinajstić information content (AvgIpc) is 2.34. The van der Waals surface area contributed by atoms with Crippen molar-refractivity contribution in [1.29, 1.82) is 0 Å². The van der Waals surface area contributed by atoms with E-state index in [0.29, 0.717) is 19.3 Å². The maximum atomic E-state index is 11.8.